The Morgan fingerprint density at radius 3 is 2.75 bits per heavy atom. The highest BCUT2D eigenvalue weighted by atomic mass is 35.5. The summed E-state index contributed by atoms with van der Waals surface area (Å²) in [7, 11) is 0. The van der Waals surface area contributed by atoms with Gasteiger partial charge in [0, 0.05) is 10.6 Å². The van der Waals surface area contributed by atoms with Crippen molar-refractivity contribution in [3.63, 3.8) is 0 Å². The SMILES string of the molecule is O=C(NO)c1ccc2c(c1)CCC(COCc1ccc(Cl)cc1)C2. The molecule has 1 amide bonds. The quantitative estimate of drug-likeness (QED) is 0.640. The van der Waals surface area contributed by atoms with Crippen molar-refractivity contribution >= 4 is 17.5 Å². The van der Waals surface area contributed by atoms with Crippen LogP contribution < -0.4 is 5.48 Å². The fourth-order valence-corrected chi connectivity index (χ4v) is 3.23. The van der Waals surface area contributed by atoms with Crippen LogP contribution in [0.5, 0.6) is 0 Å². The van der Waals surface area contributed by atoms with Crippen LogP contribution in [0.15, 0.2) is 42.5 Å². The third-order valence-electron chi connectivity index (χ3n) is 4.44. The van der Waals surface area contributed by atoms with Crippen LogP contribution >= 0.6 is 11.6 Å². The van der Waals surface area contributed by atoms with Crippen LogP contribution in [0.1, 0.15) is 33.5 Å². The fourth-order valence-electron chi connectivity index (χ4n) is 3.10. The third kappa shape index (κ3) is 4.15. The van der Waals surface area contributed by atoms with Crippen molar-refractivity contribution in [2.24, 2.45) is 5.92 Å². The van der Waals surface area contributed by atoms with Crippen LogP contribution in [0.25, 0.3) is 0 Å². The standard InChI is InChI=1S/C19H20ClNO3/c20-18-7-2-13(3-8-18)11-24-12-14-1-4-16-10-17(19(22)21-23)6-5-15(16)9-14/h2-3,5-8,10,14,23H,1,4,9,11-12H2,(H,21,22). The Balaban J connectivity index is 1.53. The fraction of sp³-hybridized carbons (Fsp3) is 0.316. The lowest BCUT2D eigenvalue weighted by Crippen LogP contribution is -2.22. The molecule has 1 unspecified atom stereocenters. The number of ether oxygens (including phenoxy) is 1. The maximum absolute atomic E-state index is 11.5. The molecule has 126 valence electrons. The molecule has 0 saturated heterocycles. The van der Waals surface area contributed by atoms with E-state index < -0.39 is 5.91 Å². The Morgan fingerprint density at radius 2 is 2.00 bits per heavy atom. The lowest BCUT2D eigenvalue weighted by molar-refractivity contribution is 0.0705. The van der Waals surface area contributed by atoms with Gasteiger partial charge in [-0.15, -0.1) is 0 Å². The summed E-state index contributed by atoms with van der Waals surface area (Å²) in [5, 5.41) is 9.45. The average molecular weight is 346 g/mol. The molecule has 0 fully saturated rings. The molecule has 1 aliphatic rings. The van der Waals surface area contributed by atoms with E-state index >= 15 is 0 Å². The van der Waals surface area contributed by atoms with Crippen LogP contribution in [0, 0.1) is 5.92 Å². The van der Waals surface area contributed by atoms with Gasteiger partial charge in [-0.05, 0) is 66.1 Å². The predicted octanol–water partition coefficient (Wildman–Crippen LogP) is 3.78. The normalized spacial score (nSPS) is 16.5. The minimum atomic E-state index is -0.466. The molecule has 0 aromatic heterocycles. The highest BCUT2D eigenvalue weighted by Crippen LogP contribution is 2.27. The summed E-state index contributed by atoms with van der Waals surface area (Å²) >= 11 is 5.88. The number of hydrogen-bond acceptors (Lipinski definition) is 3. The van der Waals surface area contributed by atoms with Crippen LogP contribution in [0.2, 0.25) is 5.02 Å². The minimum Gasteiger partial charge on any atom is -0.376 e. The summed E-state index contributed by atoms with van der Waals surface area (Å²) in [6.07, 6.45) is 2.92. The largest absolute Gasteiger partial charge is 0.376 e. The van der Waals surface area contributed by atoms with E-state index in [2.05, 4.69) is 0 Å². The summed E-state index contributed by atoms with van der Waals surface area (Å²) in [5.74, 6) is 0.0218. The van der Waals surface area contributed by atoms with Crippen molar-refractivity contribution < 1.29 is 14.7 Å². The zero-order chi connectivity index (χ0) is 16.9. The first-order valence-electron chi connectivity index (χ1n) is 8.04. The van der Waals surface area contributed by atoms with Gasteiger partial charge in [-0.25, -0.2) is 5.48 Å². The predicted molar refractivity (Wildman–Crippen MR) is 92.3 cm³/mol. The van der Waals surface area contributed by atoms with Crippen LogP contribution in [0.4, 0.5) is 0 Å². The van der Waals surface area contributed by atoms with Crippen LogP contribution in [0.3, 0.4) is 0 Å². The number of amides is 1. The number of halogens is 1. The number of hydroxylamine groups is 1. The highest BCUT2D eigenvalue weighted by Gasteiger charge is 2.20. The Morgan fingerprint density at radius 1 is 1.21 bits per heavy atom. The van der Waals surface area contributed by atoms with Crippen molar-refractivity contribution in [2.45, 2.75) is 25.9 Å². The monoisotopic (exact) mass is 345 g/mol. The van der Waals surface area contributed by atoms with Gasteiger partial charge in [0.25, 0.3) is 5.91 Å². The molecule has 3 rings (SSSR count). The smallest absolute Gasteiger partial charge is 0.274 e. The summed E-state index contributed by atoms with van der Waals surface area (Å²) in [6.45, 7) is 1.32. The van der Waals surface area contributed by atoms with Gasteiger partial charge in [-0.3, -0.25) is 10.0 Å². The first-order chi connectivity index (χ1) is 11.7. The number of carbonyl (C=O) groups excluding carboxylic acids is 1. The molecule has 4 nitrogen and oxygen atoms in total. The molecule has 5 heteroatoms. The second-order valence-electron chi connectivity index (χ2n) is 6.17. The van der Waals surface area contributed by atoms with E-state index in [0.29, 0.717) is 18.1 Å². The van der Waals surface area contributed by atoms with Crippen LogP contribution in [-0.4, -0.2) is 17.7 Å². The van der Waals surface area contributed by atoms with E-state index in [-0.39, 0.29) is 0 Å². The Labute approximate surface area is 146 Å². The van der Waals surface area contributed by atoms with E-state index in [4.69, 9.17) is 21.5 Å². The average Bonchev–Trinajstić information content (AvgIpc) is 2.62. The maximum Gasteiger partial charge on any atom is 0.274 e. The molecule has 0 spiro atoms. The second kappa shape index (κ2) is 7.79. The molecule has 0 radical (unpaired) electrons. The first kappa shape index (κ1) is 17.0. The Kier molecular flexibility index (Phi) is 5.51. The molecule has 2 aromatic rings. The van der Waals surface area contributed by atoms with E-state index in [1.54, 1.807) is 11.5 Å². The van der Waals surface area contributed by atoms with Gasteiger partial charge in [0.05, 0.1) is 13.2 Å². The van der Waals surface area contributed by atoms with Gasteiger partial charge in [0.2, 0.25) is 0 Å². The lowest BCUT2D eigenvalue weighted by Gasteiger charge is -2.25. The molecule has 1 aliphatic carbocycles. The number of nitrogens with one attached hydrogen (secondary N) is 1. The van der Waals surface area contributed by atoms with Crippen LogP contribution in [-0.2, 0) is 24.2 Å². The number of carbonyl (C=O) groups is 1. The molecule has 0 heterocycles. The summed E-state index contributed by atoms with van der Waals surface area (Å²) in [5.41, 5.74) is 5.74. The molecule has 2 N–H and O–H groups in total. The van der Waals surface area contributed by atoms with E-state index in [1.807, 2.05) is 36.4 Å². The van der Waals surface area contributed by atoms with E-state index in [0.717, 1.165) is 36.5 Å². The van der Waals surface area contributed by atoms with Crippen molar-refractivity contribution in [1.82, 2.24) is 5.48 Å². The highest BCUT2D eigenvalue weighted by molar-refractivity contribution is 6.30. The summed E-state index contributed by atoms with van der Waals surface area (Å²) < 4.78 is 5.85. The van der Waals surface area contributed by atoms with Gasteiger partial charge < -0.3 is 4.74 Å². The van der Waals surface area contributed by atoms with E-state index in [9.17, 15) is 4.79 Å². The van der Waals surface area contributed by atoms with Crippen molar-refractivity contribution in [3.8, 4) is 0 Å². The Hall–Kier alpha value is -1.88. The van der Waals surface area contributed by atoms with Crippen molar-refractivity contribution in [3.05, 3.63) is 69.7 Å². The van der Waals surface area contributed by atoms with Gasteiger partial charge in [-0.2, -0.15) is 0 Å². The number of hydrogen-bond donors (Lipinski definition) is 2. The topological polar surface area (TPSA) is 58.6 Å². The molecule has 0 bridgehead atoms. The number of fused-ring (bicyclic) bond motifs is 1. The molecule has 1 atom stereocenters. The van der Waals surface area contributed by atoms with Gasteiger partial charge >= 0.3 is 0 Å². The van der Waals surface area contributed by atoms with Crippen molar-refractivity contribution in [2.75, 3.05) is 6.61 Å². The molecular formula is C19H20ClNO3. The molecular weight excluding hydrogens is 326 g/mol. The first-order valence-corrected chi connectivity index (χ1v) is 8.42. The maximum atomic E-state index is 11.5. The molecule has 0 saturated carbocycles. The summed E-state index contributed by atoms with van der Waals surface area (Å²) in [6, 6.07) is 13.3. The molecule has 2 aromatic carbocycles. The molecule has 0 aliphatic heterocycles. The van der Waals surface area contributed by atoms with Gasteiger partial charge in [0.1, 0.15) is 0 Å². The van der Waals surface area contributed by atoms with Crippen molar-refractivity contribution in [1.29, 1.82) is 0 Å². The Bertz CT molecular complexity index is 715. The zero-order valence-corrected chi connectivity index (χ0v) is 14.1. The lowest BCUT2D eigenvalue weighted by atomic mass is 9.83. The molecule has 24 heavy (non-hydrogen) atoms. The third-order valence-corrected chi connectivity index (χ3v) is 4.69. The number of benzene rings is 2. The van der Waals surface area contributed by atoms with Gasteiger partial charge in [0.15, 0.2) is 0 Å². The second-order valence-corrected chi connectivity index (χ2v) is 6.61. The van der Waals surface area contributed by atoms with Gasteiger partial charge in [-0.1, -0.05) is 29.8 Å². The summed E-state index contributed by atoms with van der Waals surface area (Å²) in [4.78, 5) is 11.5. The number of rotatable bonds is 5. The zero-order valence-electron chi connectivity index (χ0n) is 13.3. The minimum absolute atomic E-state index is 0.466. The number of aryl methyl sites for hydroxylation is 1. The van der Waals surface area contributed by atoms with E-state index in [1.165, 1.54) is 11.1 Å².